The average Bonchev–Trinajstić information content (AvgIpc) is 3.44. The molecular formula is C20H19BN8O3. The monoisotopic (exact) mass is 430 g/mol. The van der Waals surface area contributed by atoms with Gasteiger partial charge in [-0.3, -0.25) is 4.79 Å². The van der Waals surface area contributed by atoms with Gasteiger partial charge < -0.3 is 26.4 Å². The molecule has 0 bridgehead atoms. The molecule has 4 aromatic rings. The Kier molecular flexibility index (Phi) is 4.92. The first-order valence-electron chi connectivity index (χ1n) is 9.99. The lowest BCUT2D eigenvalue weighted by atomic mass is 9.80. The van der Waals surface area contributed by atoms with E-state index in [4.69, 9.17) is 5.73 Å². The molecular weight excluding hydrogens is 411 g/mol. The van der Waals surface area contributed by atoms with E-state index in [0.717, 1.165) is 29.9 Å². The number of primary amides is 1. The fraction of sp³-hybridized carbons (Fsp3) is 0.150. The van der Waals surface area contributed by atoms with Gasteiger partial charge in [0.1, 0.15) is 5.52 Å². The number of nitrogens with one attached hydrogen (secondary N) is 2. The van der Waals surface area contributed by atoms with Crippen LogP contribution in [0.5, 0.6) is 0 Å². The number of carbonyl (C=O) groups excluding carboxylic acids is 1. The van der Waals surface area contributed by atoms with Gasteiger partial charge in [-0.25, -0.2) is 4.98 Å². The number of anilines is 2. The largest absolute Gasteiger partial charge is 0.488 e. The molecule has 0 unspecified atom stereocenters. The third-order valence-electron chi connectivity index (χ3n) is 5.28. The van der Waals surface area contributed by atoms with E-state index in [-0.39, 0.29) is 5.56 Å². The zero-order valence-electron chi connectivity index (χ0n) is 16.9. The lowest BCUT2D eigenvalue weighted by molar-refractivity contribution is 0.100. The number of hydrogen-bond acceptors (Lipinski definition) is 9. The van der Waals surface area contributed by atoms with Gasteiger partial charge in [0.2, 0.25) is 0 Å². The molecule has 6 N–H and O–H groups in total. The molecule has 1 aliphatic rings. The first-order valence-corrected chi connectivity index (χ1v) is 9.99. The van der Waals surface area contributed by atoms with Crippen LogP contribution < -0.4 is 21.8 Å². The second-order valence-electron chi connectivity index (χ2n) is 7.38. The number of amides is 1. The van der Waals surface area contributed by atoms with Crippen molar-refractivity contribution in [3.05, 3.63) is 59.3 Å². The molecule has 0 fully saturated rings. The Morgan fingerprint density at radius 2 is 2.06 bits per heavy atom. The minimum atomic E-state index is -1.53. The molecule has 2 aromatic carbocycles. The summed E-state index contributed by atoms with van der Waals surface area (Å²) in [6.45, 7) is 1.15. The molecule has 1 amide bonds. The normalized spacial score (nSPS) is 12.4. The predicted molar refractivity (Wildman–Crippen MR) is 119 cm³/mol. The SMILES string of the molecule is NC(=O)c1cccc2c1nnn2-c1nc2c(c(NCc3cccc(B(O)O)c3)n1)NCC2. The van der Waals surface area contributed by atoms with Crippen molar-refractivity contribution in [3.8, 4) is 5.95 Å². The zero-order chi connectivity index (χ0) is 22.2. The highest BCUT2D eigenvalue weighted by Gasteiger charge is 2.22. The van der Waals surface area contributed by atoms with Crippen LogP contribution in [0.15, 0.2) is 42.5 Å². The molecule has 1 aliphatic heterocycles. The van der Waals surface area contributed by atoms with E-state index in [0.29, 0.717) is 34.8 Å². The van der Waals surface area contributed by atoms with Crippen LogP contribution in [0.2, 0.25) is 0 Å². The molecule has 3 heterocycles. The number of hydrogen-bond donors (Lipinski definition) is 5. The third-order valence-corrected chi connectivity index (χ3v) is 5.28. The second-order valence-corrected chi connectivity index (χ2v) is 7.38. The summed E-state index contributed by atoms with van der Waals surface area (Å²) < 4.78 is 1.48. The van der Waals surface area contributed by atoms with Crippen LogP contribution >= 0.6 is 0 Å². The van der Waals surface area contributed by atoms with E-state index in [1.54, 1.807) is 36.4 Å². The van der Waals surface area contributed by atoms with E-state index in [1.165, 1.54) is 4.68 Å². The fourth-order valence-corrected chi connectivity index (χ4v) is 3.73. The topological polar surface area (TPSA) is 164 Å². The van der Waals surface area contributed by atoms with Crippen molar-refractivity contribution >= 4 is 41.0 Å². The van der Waals surface area contributed by atoms with Gasteiger partial charge in [0.15, 0.2) is 5.82 Å². The van der Waals surface area contributed by atoms with E-state index < -0.39 is 13.0 Å². The molecule has 12 heteroatoms. The minimum absolute atomic E-state index is 0.279. The Bertz CT molecular complexity index is 1340. The van der Waals surface area contributed by atoms with Gasteiger partial charge in [-0.1, -0.05) is 35.5 Å². The van der Waals surface area contributed by atoms with E-state index in [9.17, 15) is 14.8 Å². The summed E-state index contributed by atoms with van der Waals surface area (Å²) in [6.07, 6.45) is 0.727. The molecule has 5 rings (SSSR count). The number of fused-ring (bicyclic) bond motifs is 2. The Balaban J connectivity index is 1.52. The van der Waals surface area contributed by atoms with Crippen molar-refractivity contribution in [1.82, 2.24) is 25.0 Å². The van der Waals surface area contributed by atoms with Gasteiger partial charge in [0.05, 0.1) is 22.5 Å². The Morgan fingerprint density at radius 3 is 2.88 bits per heavy atom. The smallest absolute Gasteiger partial charge is 0.423 e. The maximum atomic E-state index is 11.7. The number of benzene rings is 2. The second kappa shape index (κ2) is 7.91. The van der Waals surface area contributed by atoms with Crippen LogP contribution in [0.1, 0.15) is 21.6 Å². The zero-order valence-corrected chi connectivity index (χ0v) is 16.9. The standard InChI is InChI=1S/C20H19BN8O3/c22-18(30)13-5-2-6-15-16(13)27-28-29(15)20-25-14-7-8-23-17(14)19(26-20)24-10-11-3-1-4-12(9-11)21(31)32/h1-6,9,23,31-32H,7-8,10H2,(H2,22,30)(H,24,25,26). The van der Waals surface area contributed by atoms with Crippen molar-refractivity contribution in [2.75, 3.05) is 17.2 Å². The molecule has 0 saturated carbocycles. The van der Waals surface area contributed by atoms with Crippen LogP contribution in [0, 0.1) is 0 Å². The Hall–Kier alpha value is -4.03. The van der Waals surface area contributed by atoms with E-state index in [1.807, 2.05) is 6.07 Å². The molecule has 0 atom stereocenters. The first kappa shape index (κ1) is 19.9. The highest BCUT2D eigenvalue weighted by Crippen LogP contribution is 2.30. The molecule has 0 saturated heterocycles. The fourth-order valence-electron chi connectivity index (χ4n) is 3.73. The third kappa shape index (κ3) is 3.51. The van der Waals surface area contributed by atoms with Gasteiger partial charge >= 0.3 is 7.12 Å². The number of aromatic nitrogens is 5. The number of carbonyl (C=O) groups is 1. The van der Waals surface area contributed by atoms with Crippen molar-refractivity contribution in [2.45, 2.75) is 13.0 Å². The lowest BCUT2D eigenvalue weighted by Gasteiger charge is -2.13. The van der Waals surface area contributed by atoms with Gasteiger partial charge in [0.25, 0.3) is 11.9 Å². The molecule has 160 valence electrons. The lowest BCUT2D eigenvalue weighted by Crippen LogP contribution is -2.30. The summed E-state index contributed by atoms with van der Waals surface area (Å²) in [5.74, 6) is 0.324. The maximum Gasteiger partial charge on any atom is 0.488 e. The molecule has 11 nitrogen and oxygen atoms in total. The van der Waals surface area contributed by atoms with Gasteiger partial charge in [0, 0.05) is 19.5 Å². The van der Waals surface area contributed by atoms with Crippen LogP contribution in [0.25, 0.3) is 17.0 Å². The van der Waals surface area contributed by atoms with Gasteiger partial charge in [-0.05, 0) is 23.2 Å². The van der Waals surface area contributed by atoms with E-state index >= 15 is 0 Å². The molecule has 0 aliphatic carbocycles. The number of rotatable bonds is 6. The summed E-state index contributed by atoms with van der Waals surface area (Å²) in [5.41, 5.74) is 9.62. The number of nitrogens with zero attached hydrogens (tertiary/aromatic N) is 5. The number of nitrogens with two attached hydrogens (primary N) is 1. The molecule has 0 radical (unpaired) electrons. The highest BCUT2D eigenvalue weighted by molar-refractivity contribution is 6.58. The predicted octanol–water partition coefficient (Wildman–Crippen LogP) is -0.431. The first-order chi connectivity index (χ1) is 15.5. The summed E-state index contributed by atoms with van der Waals surface area (Å²) in [5, 5.41) is 33.7. The summed E-state index contributed by atoms with van der Waals surface area (Å²) in [6, 6.07) is 12.1. The quantitative estimate of drug-likeness (QED) is 0.255. The summed E-state index contributed by atoms with van der Waals surface area (Å²) in [7, 11) is -1.53. The van der Waals surface area contributed by atoms with Crippen molar-refractivity contribution in [2.24, 2.45) is 5.73 Å². The summed E-state index contributed by atoms with van der Waals surface area (Å²) in [4.78, 5) is 21.0. The molecule has 0 spiro atoms. The Morgan fingerprint density at radius 1 is 1.22 bits per heavy atom. The van der Waals surface area contributed by atoms with Crippen LogP contribution in [0.4, 0.5) is 11.5 Å². The Labute approximate surface area is 182 Å². The summed E-state index contributed by atoms with van der Waals surface area (Å²) >= 11 is 0. The minimum Gasteiger partial charge on any atom is -0.423 e. The van der Waals surface area contributed by atoms with Crippen molar-refractivity contribution < 1.29 is 14.8 Å². The van der Waals surface area contributed by atoms with Crippen LogP contribution in [-0.2, 0) is 13.0 Å². The van der Waals surface area contributed by atoms with E-state index in [2.05, 4.69) is 30.9 Å². The van der Waals surface area contributed by atoms with Crippen molar-refractivity contribution in [1.29, 1.82) is 0 Å². The molecule has 32 heavy (non-hydrogen) atoms. The maximum absolute atomic E-state index is 11.7. The van der Waals surface area contributed by atoms with Crippen LogP contribution in [0.3, 0.4) is 0 Å². The van der Waals surface area contributed by atoms with Gasteiger partial charge in [-0.15, -0.1) is 5.10 Å². The highest BCUT2D eigenvalue weighted by atomic mass is 16.4. The van der Waals surface area contributed by atoms with Crippen LogP contribution in [-0.4, -0.2) is 54.6 Å². The van der Waals surface area contributed by atoms with Gasteiger partial charge in [-0.2, -0.15) is 9.67 Å². The van der Waals surface area contributed by atoms with Crippen molar-refractivity contribution in [3.63, 3.8) is 0 Å². The average molecular weight is 430 g/mol. The molecule has 2 aromatic heterocycles.